The molecular formula is C14H23N5O. The van der Waals surface area contributed by atoms with Gasteiger partial charge < -0.3 is 15.5 Å². The third-order valence-electron chi connectivity index (χ3n) is 3.65. The minimum Gasteiger partial charge on any atom is -0.352 e. The maximum atomic E-state index is 12.2. The fourth-order valence-electron chi connectivity index (χ4n) is 2.39. The zero-order chi connectivity index (χ0) is 14.4. The van der Waals surface area contributed by atoms with Gasteiger partial charge in [0.2, 0.25) is 5.91 Å². The van der Waals surface area contributed by atoms with E-state index >= 15 is 0 Å². The minimum absolute atomic E-state index is 0.0808. The predicted octanol–water partition coefficient (Wildman–Crippen LogP) is 0.643. The first-order valence-electron chi connectivity index (χ1n) is 7.27. The van der Waals surface area contributed by atoms with Gasteiger partial charge in [0.1, 0.15) is 5.82 Å². The van der Waals surface area contributed by atoms with Gasteiger partial charge in [-0.2, -0.15) is 0 Å². The number of rotatable bonds is 5. The van der Waals surface area contributed by atoms with Crippen molar-refractivity contribution >= 4 is 11.7 Å². The van der Waals surface area contributed by atoms with E-state index < -0.39 is 0 Å². The molecule has 110 valence electrons. The molecule has 1 saturated heterocycles. The summed E-state index contributed by atoms with van der Waals surface area (Å²) in [5.41, 5.74) is 5.95. The number of anilines is 1. The Morgan fingerprint density at radius 2 is 2.10 bits per heavy atom. The van der Waals surface area contributed by atoms with Crippen LogP contribution in [-0.4, -0.2) is 53.0 Å². The number of piperazine rings is 1. The molecule has 1 amide bonds. The zero-order valence-corrected chi connectivity index (χ0v) is 12.0. The lowest BCUT2D eigenvalue weighted by Crippen LogP contribution is -2.53. The van der Waals surface area contributed by atoms with Gasteiger partial charge in [0.25, 0.3) is 0 Å². The van der Waals surface area contributed by atoms with Crippen molar-refractivity contribution in [2.24, 2.45) is 5.73 Å². The molecule has 0 spiro atoms. The molecule has 1 aromatic rings. The Morgan fingerprint density at radius 3 is 2.70 bits per heavy atom. The zero-order valence-electron chi connectivity index (χ0n) is 12.0. The quantitative estimate of drug-likeness (QED) is 0.855. The van der Waals surface area contributed by atoms with Gasteiger partial charge in [0.05, 0.1) is 12.2 Å². The van der Waals surface area contributed by atoms with Crippen LogP contribution in [0.15, 0.2) is 18.6 Å². The number of nitrogens with two attached hydrogens (primary N) is 1. The summed E-state index contributed by atoms with van der Waals surface area (Å²) < 4.78 is 0. The van der Waals surface area contributed by atoms with Gasteiger partial charge in [0.15, 0.2) is 0 Å². The van der Waals surface area contributed by atoms with Gasteiger partial charge >= 0.3 is 0 Å². The second-order valence-corrected chi connectivity index (χ2v) is 5.12. The van der Waals surface area contributed by atoms with Crippen molar-refractivity contribution in [3.63, 3.8) is 0 Å². The first-order valence-corrected chi connectivity index (χ1v) is 7.27. The van der Waals surface area contributed by atoms with E-state index in [1.54, 1.807) is 18.6 Å². The standard InChI is InChI=1S/C14H23N5O/c1-2-3-4-12(15)14(20)19-9-7-18(8-10-19)13-11-16-5-6-17-13/h5-6,11-12H,2-4,7-10,15H2,1H3/t12-/m0/s1. The average molecular weight is 277 g/mol. The molecule has 1 atom stereocenters. The Labute approximate surface area is 120 Å². The molecule has 6 heteroatoms. The lowest BCUT2D eigenvalue weighted by molar-refractivity contribution is -0.133. The van der Waals surface area contributed by atoms with Gasteiger partial charge in [-0.25, -0.2) is 4.98 Å². The highest BCUT2D eigenvalue weighted by Gasteiger charge is 2.25. The van der Waals surface area contributed by atoms with Crippen molar-refractivity contribution in [3.8, 4) is 0 Å². The molecule has 0 unspecified atom stereocenters. The Balaban J connectivity index is 1.83. The van der Waals surface area contributed by atoms with E-state index in [2.05, 4.69) is 21.8 Å². The molecule has 2 rings (SSSR count). The molecule has 6 nitrogen and oxygen atoms in total. The highest BCUT2D eigenvalue weighted by Crippen LogP contribution is 2.12. The lowest BCUT2D eigenvalue weighted by Gasteiger charge is -2.36. The number of hydrogen-bond acceptors (Lipinski definition) is 5. The van der Waals surface area contributed by atoms with Crippen LogP contribution in [0.5, 0.6) is 0 Å². The smallest absolute Gasteiger partial charge is 0.239 e. The number of amides is 1. The van der Waals surface area contributed by atoms with Crippen LogP contribution in [0, 0.1) is 0 Å². The fraction of sp³-hybridized carbons (Fsp3) is 0.643. The number of carbonyl (C=O) groups is 1. The van der Waals surface area contributed by atoms with Crippen LogP contribution in [0.4, 0.5) is 5.82 Å². The van der Waals surface area contributed by atoms with Crippen molar-refractivity contribution in [1.29, 1.82) is 0 Å². The van der Waals surface area contributed by atoms with Crippen molar-refractivity contribution in [1.82, 2.24) is 14.9 Å². The van der Waals surface area contributed by atoms with Crippen molar-refractivity contribution in [3.05, 3.63) is 18.6 Å². The summed E-state index contributed by atoms with van der Waals surface area (Å²) in [5, 5.41) is 0. The monoisotopic (exact) mass is 277 g/mol. The van der Waals surface area contributed by atoms with E-state index in [-0.39, 0.29) is 11.9 Å². The topological polar surface area (TPSA) is 75.4 Å². The Hall–Kier alpha value is -1.69. The molecular weight excluding hydrogens is 254 g/mol. The number of hydrogen-bond donors (Lipinski definition) is 1. The number of nitrogens with zero attached hydrogens (tertiary/aromatic N) is 4. The molecule has 1 aliphatic heterocycles. The van der Waals surface area contributed by atoms with Crippen LogP contribution in [-0.2, 0) is 4.79 Å². The van der Waals surface area contributed by atoms with Crippen molar-refractivity contribution < 1.29 is 4.79 Å². The summed E-state index contributed by atoms with van der Waals surface area (Å²) in [6, 6.07) is -0.349. The van der Waals surface area contributed by atoms with Crippen LogP contribution < -0.4 is 10.6 Å². The summed E-state index contributed by atoms with van der Waals surface area (Å²) in [7, 11) is 0. The van der Waals surface area contributed by atoms with Gasteiger partial charge in [-0.05, 0) is 6.42 Å². The fourth-order valence-corrected chi connectivity index (χ4v) is 2.39. The van der Waals surface area contributed by atoms with Crippen LogP contribution in [0.2, 0.25) is 0 Å². The second kappa shape index (κ2) is 7.19. The summed E-state index contributed by atoms with van der Waals surface area (Å²) >= 11 is 0. The highest BCUT2D eigenvalue weighted by molar-refractivity contribution is 5.81. The lowest BCUT2D eigenvalue weighted by atomic mass is 10.1. The first kappa shape index (κ1) is 14.7. The molecule has 0 saturated carbocycles. The van der Waals surface area contributed by atoms with Crippen LogP contribution in [0.1, 0.15) is 26.2 Å². The summed E-state index contributed by atoms with van der Waals surface area (Å²) in [5.74, 6) is 0.951. The Kier molecular flexibility index (Phi) is 5.29. The number of carbonyl (C=O) groups excluding carboxylic acids is 1. The van der Waals surface area contributed by atoms with Crippen molar-refractivity contribution in [2.45, 2.75) is 32.2 Å². The summed E-state index contributed by atoms with van der Waals surface area (Å²) in [6.07, 6.45) is 7.96. The Morgan fingerprint density at radius 1 is 1.35 bits per heavy atom. The van der Waals surface area contributed by atoms with Crippen LogP contribution in [0.25, 0.3) is 0 Å². The van der Waals surface area contributed by atoms with Crippen molar-refractivity contribution in [2.75, 3.05) is 31.1 Å². The van der Waals surface area contributed by atoms with Crippen LogP contribution >= 0.6 is 0 Å². The van der Waals surface area contributed by atoms with Gasteiger partial charge in [-0.15, -0.1) is 0 Å². The molecule has 20 heavy (non-hydrogen) atoms. The molecule has 1 aromatic heterocycles. The second-order valence-electron chi connectivity index (χ2n) is 5.12. The molecule has 0 aromatic carbocycles. The van der Waals surface area contributed by atoms with E-state index in [9.17, 15) is 4.79 Å². The molecule has 2 N–H and O–H groups in total. The molecule has 0 bridgehead atoms. The first-order chi connectivity index (χ1) is 9.72. The van der Waals surface area contributed by atoms with Gasteiger partial charge in [0, 0.05) is 38.6 Å². The Bertz CT molecular complexity index is 417. The van der Waals surface area contributed by atoms with Gasteiger partial charge in [-0.1, -0.05) is 19.8 Å². The SMILES string of the molecule is CCCC[C@H](N)C(=O)N1CCN(c2cnccn2)CC1. The normalized spacial score (nSPS) is 17.1. The molecule has 1 aliphatic rings. The average Bonchev–Trinajstić information content (AvgIpc) is 2.53. The molecule has 0 aliphatic carbocycles. The van der Waals surface area contributed by atoms with E-state index in [1.165, 1.54) is 0 Å². The predicted molar refractivity (Wildman–Crippen MR) is 78.3 cm³/mol. The third-order valence-corrected chi connectivity index (χ3v) is 3.65. The highest BCUT2D eigenvalue weighted by atomic mass is 16.2. The van der Waals surface area contributed by atoms with E-state index in [0.717, 1.165) is 38.2 Å². The van der Waals surface area contributed by atoms with E-state index in [0.29, 0.717) is 13.1 Å². The maximum Gasteiger partial charge on any atom is 0.239 e. The van der Waals surface area contributed by atoms with E-state index in [4.69, 9.17) is 5.73 Å². The summed E-state index contributed by atoms with van der Waals surface area (Å²) in [6.45, 7) is 5.08. The molecule has 0 radical (unpaired) electrons. The molecule has 1 fully saturated rings. The van der Waals surface area contributed by atoms with Crippen LogP contribution in [0.3, 0.4) is 0 Å². The van der Waals surface area contributed by atoms with E-state index in [1.807, 2.05) is 4.90 Å². The molecule has 2 heterocycles. The number of aromatic nitrogens is 2. The maximum absolute atomic E-state index is 12.2. The van der Waals surface area contributed by atoms with Gasteiger partial charge in [-0.3, -0.25) is 9.78 Å². The largest absolute Gasteiger partial charge is 0.352 e. The minimum atomic E-state index is -0.349. The summed E-state index contributed by atoms with van der Waals surface area (Å²) in [4.78, 5) is 24.6. The number of unbranched alkanes of at least 4 members (excludes halogenated alkanes) is 1. The third kappa shape index (κ3) is 3.66.